The highest BCUT2D eigenvalue weighted by molar-refractivity contribution is 5.81. The topological polar surface area (TPSA) is 17.1 Å². The van der Waals surface area contributed by atoms with E-state index >= 15 is 0 Å². The lowest BCUT2D eigenvalue weighted by Gasteiger charge is -2.17. The Balaban J connectivity index is 1.50. The van der Waals surface area contributed by atoms with E-state index in [0.29, 0.717) is 24.5 Å². The molecule has 0 N–H and O–H groups in total. The summed E-state index contributed by atoms with van der Waals surface area (Å²) in [6, 6.07) is 8.31. The van der Waals surface area contributed by atoms with Gasteiger partial charge in [-0.2, -0.15) is 0 Å². The van der Waals surface area contributed by atoms with Crippen LogP contribution in [0.25, 0.3) is 0 Å². The summed E-state index contributed by atoms with van der Waals surface area (Å²) in [4.78, 5) is 12.2. The van der Waals surface area contributed by atoms with E-state index < -0.39 is 0 Å². The maximum atomic E-state index is 12.2. The van der Waals surface area contributed by atoms with Crippen LogP contribution in [0.1, 0.15) is 50.2 Å². The minimum absolute atomic E-state index is 0.361. The molecule has 0 spiro atoms. The van der Waals surface area contributed by atoms with Crippen molar-refractivity contribution in [3.05, 3.63) is 58.7 Å². The van der Waals surface area contributed by atoms with Gasteiger partial charge in [0.15, 0.2) is 0 Å². The van der Waals surface area contributed by atoms with Crippen molar-refractivity contribution in [1.82, 2.24) is 0 Å². The van der Waals surface area contributed by atoms with Gasteiger partial charge in [0.1, 0.15) is 5.78 Å². The van der Waals surface area contributed by atoms with Gasteiger partial charge in [-0.25, -0.2) is 0 Å². The van der Waals surface area contributed by atoms with E-state index in [1.165, 1.54) is 30.4 Å². The predicted octanol–water partition coefficient (Wildman–Crippen LogP) is 5.19. The average molecular weight is 294 g/mol. The van der Waals surface area contributed by atoms with Gasteiger partial charge in [0.05, 0.1) is 0 Å². The number of aryl methyl sites for hydroxylation is 1. The van der Waals surface area contributed by atoms with Crippen molar-refractivity contribution in [2.24, 2.45) is 11.8 Å². The second-order valence-electron chi connectivity index (χ2n) is 6.84. The summed E-state index contributed by atoms with van der Waals surface area (Å²) in [6.45, 7) is 4.35. The van der Waals surface area contributed by atoms with Crippen molar-refractivity contribution >= 4 is 5.78 Å². The molecule has 0 radical (unpaired) electrons. The Morgan fingerprint density at radius 2 is 1.86 bits per heavy atom. The van der Waals surface area contributed by atoms with Crippen molar-refractivity contribution in [1.29, 1.82) is 0 Å². The lowest BCUT2D eigenvalue weighted by molar-refractivity contribution is -0.118. The molecule has 2 aliphatic rings. The first-order chi connectivity index (χ1) is 10.7. The Hall–Kier alpha value is -1.63. The molecule has 1 fully saturated rings. The van der Waals surface area contributed by atoms with E-state index in [1.54, 1.807) is 5.57 Å². The zero-order valence-electron chi connectivity index (χ0n) is 13.8. The molecule has 1 aromatic rings. The Kier molecular flexibility index (Phi) is 4.61. The molecular weight excluding hydrogens is 268 g/mol. The lowest BCUT2D eigenvalue weighted by atomic mass is 9.87. The molecule has 0 heterocycles. The van der Waals surface area contributed by atoms with Gasteiger partial charge < -0.3 is 0 Å². The maximum Gasteiger partial charge on any atom is 0.137 e. The standard InChI is InChI=1S/C21H26O/c1-3-20-17(11-13-21(20)18-8-9-18)10-12-19(22)14-16-6-4-15(2)5-7-16/h4-7,11,13,18,20H,3,8-10,12,14H2,1-2H3. The molecule has 1 heteroatoms. The van der Waals surface area contributed by atoms with Crippen LogP contribution in [0.3, 0.4) is 0 Å². The van der Waals surface area contributed by atoms with Crippen LogP contribution in [0.4, 0.5) is 0 Å². The van der Waals surface area contributed by atoms with Gasteiger partial charge in [0.2, 0.25) is 0 Å². The number of allylic oxidation sites excluding steroid dienone is 4. The van der Waals surface area contributed by atoms with Crippen LogP contribution in [-0.2, 0) is 11.2 Å². The summed E-state index contributed by atoms with van der Waals surface area (Å²) >= 11 is 0. The van der Waals surface area contributed by atoms with Gasteiger partial charge in [-0.05, 0) is 44.1 Å². The zero-order valence-corrected chi connectivity index (χ0v) is 13.8. The van der Waals surface area contributed by atoms with Crippen LogP contribution in [0.2, 0.25) is 0 Å². The normalized spacial score (nSPS) is 20.7. The van der Waals surface area contributed by atoms with Crippen molar-refractivity contribution in [3.63, 3.8) is 0 Å². The second kappa shape index (κ2) is 6.64. The van der Waals surface area contributed by atoms with E-state index in [1.807, 2.05) is 0 Å². The number of benzene rings is 1. The first-order valence-corrected chi connectivity index (χ1v) is 8.65. The minimum Gasteiger partial charge on any atom is -0.299 e. The van der Waals surface area contributed by atoms with E-state index in [-0.39, 0.29) is 0 Å². The van der Waals surface area contributed by atoms with Gasteiger partial charge in [0, 0.05) is 18.8 Å². The number of rotatable bonds is 7. The fourth-order valence-corrected chi connectivity index (χ4v) is 3.55. The highest BCUT2D eigenvalue weighted by Crippen LogP contribution is 2.46. The number of hydrogen-bond donors (Lipinski definition) is 0. The molecule has 1 saturated carbocycles. The fourth-order valence-electron chi connectivity index (χ4n) is 3.55. The van der Waals surface area contributed by atoms with Crippen LogP contribution in [0, 0.1) is 18.8 Å². The molecule has 0 aromatic heterocycles. The van der Waals surface area contributed by atoms with E-state index in [4.69, 9.17) is 0 Å². The quantitative estimate of drug-likeness (QED) is 0.676. The lowest BCUT2D eigenvalue weighted by Crippen LogP contribution is -2.08. The Bertz CT molecular complexity index is 599. The van der Waals surface area contributed by atoms with Gasteiger partial charge in [-0.15, -0.1) is 0 Å². The second-order valence-corrected chi connectivity index (χ2v) is 6.84. The molecule has 0 amide bonds. The number of ketones is 1. The van der Waals surface area contributed by atoms with Crippen molar-refractivity contribution in [2.75, 3.05) is 0 Å². The van der Waals surface area contributed by atoms with Gasteiger partial charge in [-0.3, -0.25) is 4.79 Å². The third-order valence-corrected chi connectivity index (χ3v) is 5.01. The van der Waals surface area contributed by atoms with Crippen LogP contribution >= 0.6 is 0 Å². The van der Waals surface area contributed by atoms with Gasteiger partial charge in [0.25, 0.3) is 0 Å². The summed E-state index contributed by atoms with van der Waals surface area (Å²) in [5, 5.41) is 0. The Morgan fingerprint density at radius 3 is 2.50 bits per heavy atom. The molecule has 22 heavy (non-hydrogen) atoms. The molecule has 0 bridgehead atoms. The van der Waals surface area contributed by atoms with E-state index in [0.717, 1.165) is 17.9 Å². The van der Waals surface area contributed by atoms with Crippen LogP contribution in [0.5, 0.6) is 0 Å². The van der Waals surface area contributed by atoms with Crippen LogP contribution in [0.15, 0.2) is 47.6 Å². The maximum absolute atomic E-state index is 12.2. The molecule has 1 aromatic carbocycles. The van der Waals surface area contributed by atoms with Crippen molar-refractivity contribution in [3.8, 4) is 0 Å². The number of Topliss-reactive ketones (excluding diaryl/α,β-unsaturated/α-hetero) is 1. The molecule has 1 atom stereocenters. The molecule has 1 unspecified atom stereocenters. The molecule has 116 valence electrons. The van der Waals surface area contributed by atoms with E-state index in [9.17, 15) is 4.79 Å². The number of hydrogen-bond acceptors (Lipinski definition) is 1. The zero-order chi connectivity index (χ0) is 15.5. The SMILES string of the molecule is CCC1C(CCC(=O)Cc2ccc(C)cc2)=CC=C1C1CC1. The summed E-state index contributed by atoms with van der Waals surface area (Å²) < 4.78 is 0. The molecular formula is C21H26O. The number of carbonyl (C=O) groups excluding carboxylic acids is 1. The summed E-state index contributed by atoms with van der Waals surface area (Å²) in [5.74, 6) is 1.83. The van der Waals surface area contributed by atoms with Crippen molar-refractivity contribution < 1.29 is 4.79 Å². The summed E-state index contributed by atoms with van der Waals surface area (Å²) in [5.41, 5.74) is 5.52. The van der Waals surface area contributed by atoms with Crippen LogP contribution in [-0.4, -0.2) is 5.78 Å². The molecule has 0 saturated heterocycles. The summed E-state index contributed by atoms with van der Waals surface area (Å²) in [6.07, 6.45) is 10.8. The first kappa shape index (κ1) is 15.3. The molecule has 1 nitrogen and oxygen atoms in total. The third kappa shape index (κ3) is 3.58. The Labute approximate surface area is 134 Å². The highest BCUT2D eigenvalue weighted by Gasteiger charge is 2.33. The van der Waals surface area contributed by atoms with Gasteiger partial charge in [-0.1, -0.05) is 60.1 Å². The van der Waals surface area contributed by atoms with Crippen molar-refractivity contribution in [2.45, 2.75) is 52.4 Å². The molecule has 0 aliphatic heterocycles. The fraction of sp³-hybridized carbons (Fsp3) is 0.476. The predicted molar refractivity (Wildman–Crippen MR) is 91.8 cm³/mol. The average Bonchev–Trinajstić information content (AvgIpc) is 3.27. The van der Waals surface area contributed by atoms with Gasteiger partial charge >= 0.3 is 0 Å². The minimum atomic E-state index is 0.361. The molecule has 2 aliphatic carbocycles. The third-order valence-electron chi connectivity index (χ3n) is 5.01. The van der Waals surface area contributed by atoms with E-state index in [2.05, 4.69) is 50.3 Å². The first-order valence-electron chi connectivity index (χ1n) is 8.65. The summed E-state index contributed by atoms with van der Waals surface area (Å²) in [7, 11) is 0. The highest BCUT2D eigenvalue weighted by atomic mass is 16.1. The Morgan fingerprint density at radius 1 is 1.14 bits per heavy atom. The largest absolute Gasteiger partial charge is 0.299 e. The van der Waals surface area contributed by atoms with Crippen LogP contribution < -0.4 is 0 Å². The molecule has 3 rings (SSSR count). The number of carbonyl (C=O) groups is 1. The monoisotopic (exact) mass is 294 g/mol. The smallest absolute Gasteiger partial charge is 0.137 e.